The van der Waals surface area contributed by atoms with E-state index in [-0.39, 0.29) is 0 Å². The lowest BCUT2D eigenvalue weighted by atomic mass is 10.2. The van der Waals surface area contributed by atoms with Crippen molar-refractivity contribution in [1.29, 1.82) is 0 Å². The summed E-state index contributed by atoms with van der Waals surface area (Å²) in [6, 6.07) is 0.579. The van der Waals surface area contributed by atoms with Crippen LogP contribution in [0.3, 0.4) is 0 Å². The van der Waals surface area contributed by atoms with E-state index in [0.29, 0.717) is 6.04 Å². The Morgan fingerprint density at radius 2 is 2.18 bits per heavy atom. The fourth-order valence-electron chi connectivity index (χ4n) is 2.28. The van der Waals surface area contributed by atoms with Crippen molar-refractivity contribution in [3.05, 3.63) is 17.6 Å². The van der Waals surface area contributed by atoms with Gasteiger partial charge in [-0.2, -0.15) is 11.8 Å². The SMILES string of the molecule is CCSC1CCC(Nc2cnc(C)c(C)n2)C1. The molecule has 1 N–H and O–H groups in total. The van der Waals surface area contributed by atoms with Crippen molar-refractivity contribution >= 4 is 17.6 Å². The van der Waals surface area contributed by atoms with Crippen LogP contribution < -0.4 is 5.32 Å². The largest absolute Gasteiger partial charge is 0.366 e. The van der Waals surface area contributed by atoms with Crippen molar-refractivity contribution in [2.24, 2.45) is 0 Å². The van der Waals surface area contributed by atoms with Gasteiger partial charge in [-0.3, -0.25) is 4.98 Å². The minimum atomic E-state index is 0.579. The molecule has 2 rings (SSSR count). The quantitative estimate of drug-likeness (QED) is 0.892. The predicted molar refractivity (Wildman–Crippen MR) is 74.7 cm³/mol. The number of aromatic nitrogens is 2. The first kappa shape index (κ1) is 12.7. The molecule has 0 amide bonds. The maximum absolute atomic E-state index is 4.53. The molecule has 17 heavy (non-hydrogen) atoms. The Balaban J connectivity index is 1.91. The average molecular weight is 251 g/mol. The van der Waals surface area contributed by atoms with Gasteiger partial charge in [-0.05, 0) is 38.9 Å². The van der Waals surface area contributed by atoms with Gasteiger partial charge in [0.1, 0.15) is 5.82 Å². The molecule has 1 aromatic heterocycles. The number of aryl methyl sites for hydroxylation is 2. The molecule has 0 aromatic carbocycles. The van der Waals surface area contributed by atoms with Gasteiger partial charge >= 0.3 is 0 Å². The van der Waals surface area contributed by atoms with Crippen LogP contribution in [0.2, 0.25) is 0 Å². The van der Waals surface area contributed by atoms with E-state index in [1.165, 1.54) is 25.0 Å². The van der Waals surface area contributed by atoms with Gasteiger partial charge in [0.2, 0.25) is 0 Å². The summed E-state index contributed by atoms with van der Waals surface area (Å²) in [7, 11) is 0. The number of hydrogen-bond donors (Lipinski definition) is 1. The van der Waals surface area contributed by atoms with Crippen LogP contribution in [-0.2, 0) is 0 Å². The lowest BCUT2D eigenvalue weighted by molar-refractivity contribution is 0.749. The van der Waals surface area contributed by atoms with Crippen molar-refractivity contribution in [1.82, 2.24) is 9.97 Å². The van der Waals surface area contributed by atoms with Gasteiger partial charge in [-0.15, -0.1) is 0 Å². The van der Waals surface area contributed by atoms with Crippen molar-refractivity contribution in [3.63, 3.8) is 0 Å². The summed E-state index contributed by atoms with van der Waals surface area (Å²) in [6.07, 6.45) is 5.69. The van der Waals surface area contributed by atoms with E-state index in [1.54, 1.807) is 0 Å². The zero-order valence-electron chi connectivity index (χ0n) is 10.9. The highest BCUT2D eigenvalue weighted by atomic mass is 32.2. The van der Waals surface area contributed by atoms with Gasteiger partial charge in [-0.25, -0.2) is 4.98 Å². The molecule has 4 heteroatoms. The molecule has 2 atom stereocenters. The van der Waals surface area contributed by atoms with Gasteiger partial charge in [0.15, 0.2) is 0 Å². The lowest BCUT2D eigenvalue weighted by Gasteiger charge is -2.14. The zero-order chi connectivity index (χ0) is 12.3. The maximum Gasteiger partial charge on any atom is 0.145 e. The molecule has 1 aliphatic carbocycles. The van der Waals surface area contributed by atoms with E-state index >= 15 is 0 Å². The predicted octanol–water partition coefficient (Wildman–Crippen LogP) is 3.18. The molecule has 1 heterocycles. The Morgan fingerprint density at radius 3 is 2.88 bits per heavy atom. The summed E-state index contributed by atoms with van der Waals surface area (Å²) in [6.45, 7) is 6.24. The highest BCUT2D eigenvalue weighted by Gasteiger charge is 2.24. The third-order valence-corrected chi connectivity index (χ3v) is 4.56. The second-order valence-corrected chi connectivity index (χ2v) is 6.24. The fourth-order valence-corrected chi connectivity index (χ4v) is 3.42. The molecular formula is C13H21N3S. The molecule has 1 fully saturated rings. The molecule has 1 saturated carbocycles. The van der Waals surface area contributed by atoms with Crippen molar-refractivity contribution in [2.75, 3.05) is 11.1 Å². The van der Waals surface area contributed by atoms with Crippen LogP contribution in [0.1, 0.15) is 37.6 Å². The summed E-state index contributed by atoms with van der Waals surface area (Å²) in [5, 5.41) is 4.34. The Bertz CT molecular complexity index is 381. The zero-order valence-corrected chi connectivity index (χ0v) is 11.7. The van der Waals surface area contributed by atoms with Gasteiger partial charge < -0.3 is 5.32 Å². The number of anilines is 1. The van der Waals surface area contributed by atoms with E-state index in [4.69, 9.17) is 0 Å². The summed E-state index contributed by atoms with van der Waals surface area (Å²) in [5.41, 5.74) is 2.04. The fraction of sp³-hybridized carbons (Fsp3) is 0.692. The third-order valence-electron chi connectivity index (χ3n) is 3.33. The molecule has 3 nitrogen and oxygen atoms in total. The first-order chi connectivity index (χ1) is 8.19. The molecule has 0 radical (unpaired) electrons. The Hall–Kier alpha value is -0.770. The third kappa shape index (κ3) is 3.35. The Labute approximate surface area is 108 Å². The molecular weight excluding hydrogens is 230 g/mol. The first-order valence-corrected chi connectivity index (χ1v) is 7.42. The molecule has 0 spiro atoms. The number of nitrogens with one attached hydrogen (secondary N) is 1. The summed E-state index contributed by atoms with van der Waals surface area (Å²) >= 11 is 2.08. The summed E-state index contributed by atoms with van der Waals surface area (Å²) in [5.74, 6) is 2.15. The standard InChI is InChI=1S/C13H21N3S/c1-4-17-12-6-5-11(7-12)16-13-8-14-9(2)10(3)15-13/h8,11-12H,4-7H2,1-3H3,(H,15,16). The van der Waals surface area contributed by atoms with Gasteiger partial charge in [0, 0.05) is 11.3 Å². The Kier molecular flexibility index (Phi) is 4.26. The Morgan fingerprint density at radius 1 is 1.35 bits per heavy atom. The minimum Gasteiger partial charge on any atom is -0.366 e. The monoisotopic (exact) mass is 251 g/mol. The number of rotatable bonds is 4. The van der Waals surface area contributed by atoms with Crippen LogP contribution in [0.5, 0.6) is 0 Å². The molecule has 94 valence electrons. The van der Waals surface area contributed by atoms with Gasteiger partial charge in [0.25, 0.3) is 0 Å². The van der Waals surface area contributed by atoms with Gasteiger partial charge in [-0.1, -0.05) is 6.92 Å². The van der Waals surface area contributed by atoms with Gasteiger partial charge in [0.05, 0.1) is 17.6 Å². The number of hydrogen-bond acceptors (Lipinski definition) is 4. The van der Waals surface area contributed by atoms with E-state index in [1.807, 2.05) is 20.0 Å². The highest BCUT2D eigenvalue weighted by molar-refractivity contribution is 7.99. The first-order valence-electron chi connectivity index (χ1n) is 6.37. The van der Waals surface area contributed by atoms with Crippen LogP contribution in [0, 0.1) is 13.8 Å². The van der Waals surface area contributed by atoms with E-state index < -0.39 is 0 Å². The average Bonchev–Trinajstić information content (AvgIpc) is 2.72. The summed E-state index contributed by atoms with van der Waals surface area (Å²) < 4.78 is 0. The van der Waals surface area contributed by atoms with Crippen LogP contribution in [-0.4, -0.2) is 27.0 Å². The molecule has 0 aliphatic heterocycles. The van der Waals surface area contributed by atoms with Crippen LogP contribution in [0.25, 0.3) is 0 Å². The van der Waals surface area contributed by atoms with E-state index in [0.717, 1.165) is 22.5 Å². The number of thioether (sulfide) groups is 1. The number of nitrogens with zero attached hydrogens (tertiary/aromatic N) is 2. The minimum absolute atomic E-state index is 0.579. The topological polar surface area (TPSA) is 37.8 Å². The highest BCUT2D eigenvalue weighted by Crippen LogP contribution is 2.31. The van der Waals surface area contributed by atoms with Crippen molar-refractivity contribution < 1.29 is 0 Å². The summed E-state index contributed by atoms with van der Waals surface area (Å²) in [4.78, 5) is 8.87. The molecule has 1 aliphatic rings. The molecule has 1 aromatic rings. The van der Waals surface area contributed by atoms with Crippen LogP contribution in [0.4, 0.5) is 5.82 Å². The van der Waals surface area contributed by atoms with Crippen LogP contribution in [0.15, 0.2) is 6.20 Å². The maximum atomic E-state index is 4.53. The smallest absolute Gasteiger partial charge is 0.145 e. The molecule has 0 saturated heterocycles. The van der Waals surface area contributed by atoms with Crippen molar-refractivity contribution in [3.8, 4) is 0 Å². The van der Waals surface area contributed by atoms with E-state index in [9.17, 15) is 0 Å². The molecule has 2 unspecified atom stereocenters. The lowest BCUT2D eigenvalue weighted by Crippen LogP contribution is -2.17. The van der Waals surface area contributed by atoms with Crippen LogP contribution >= 0.6 is 11.8 Å². The van der Waals surface area contributed by atoms with E-state index in [2.05, 4.69) is 34.0 Å². The second-order valence-electron chi connectivity index (χ2n) is 4.66. The van der Waals surface area contributed by atoms with Crippen molar-refractivity contribution in [2.45, 2.75) is 51.3 Å². The molecule has 0 bridgehead atoms. The normalized spacial score (nSPS) is 23.9. The second kappa shape index (κ2) is 5.71.